The SMILES string of the molecule is [2H]C([2H])([2H])c1cc(-c2ccccc2)cc(-n2c(-c3ccccc3O)nc3c(-c4cc(-c5cc(-c6ccc(C([2H])(C)C)cc6)ccn5)cc(C(C)(C)C)c4)cccc32)c1. The second-order valence-electron chi connectivity index (χ2n) is 15.2. The average molecular weight is 708 g/mol. The first kappa shape index (κ1) is 30.2. The molecule has 0 aliphatic carbocycles. The number of pyridine rings is 1. The van der Waals surface area contributed by atoms with Crippen LogP contribution < -0.4 is 0 Å². The summed E-state index contributed by atoms with van der Waals surface area (Å²) >= 11 is 0. The van der Waals surface area contributed by atoms with Crippen LogP contribution in [0.1, 0.15) is 62.7 Å². The van der Waals surface area contributed by atoms with E-state index in [1.54, 1.807) is 24.3 Å². The first-order chi connectivity index (χ1) is 27.5. The first-order valence-electron chi connectivity index (χ1n) is 20.3. The summed E-state index contributed by atoms with van der Waals surface area (Å²) in [5.41, 5.74) is 12.1. The number of imidazole rings is 1. The topological polar surface area (TPSA) is 50.9 Å². The predicted octanol–water partition coefficient (Wildman–Crippen LogP) is 13.2. The zero-order chi connectivity index (χ0) is 41.0. The normalized spacial score (nSPS) is 13.3. The molecule has 0 aliphatic rings. The highest BCUT2D eigenvalue weighted by molar-refractivity contribution is 5.97. The minimum absolute atomic E-state index is 0.0666. The van der Waals surface area contributed by atoms with Gasteiger partial charge in [0.05, 0.1) is 22.3 Å². The van der Waals surface area contributed by atoms with E-state index in [1.807, 2.05) is 103 Å². The van der Waals surface area contributed by atoms with Crippen LogP contribution in [0.2, 0.25) is 0 Å². The molecule has 6 aromatic carbocycles. The van der Waals surface area contributed by atoms with Gasteiger partial charge in [0, 0.05) is 28.5 Å². The van der Waals surface area contributed by atoms with Gasteiger partial charge in [-0.3, -0.25) is 9.55 Å². The summed E-state index contributed by atoms with van der Waals surface area (Å²) in [5, 5.41) is 11.2. The Kier molecular flexibility index (Phi) is 7.81. The Hall–Kier alpha value is -6.26. The van der Waals surface area contributed by atoms with Crippen LogP contribution >= 0.6 is 0 Å². The molecular formula is C50H45N3O. The first-order valence-corrected chi connectivity index (χ1v) is 18.3. The molecule has 0 unspecified atom stereocenters. The molecule has 0 fully saturated rings. The zero-order valence-electron chi connectivity index (χ0n) is 35.2. The molecule has 2 heterocycles. The summed E-state index contributed by atoms with van der Waals surface area (Å²) in [5.74, 6) is -0.125. The van der Waals surface area contributed by atoms with Crippen LogP contribution in [0.4, 0.5) is 0 Å². The van der Waals surface area contributed by atoms with Crippen LogP contribution in [0.3, 0.4) is 0 Å². The van der Waals surface area contributed by atoms with Crippen molar-refractivity contribution in [3.63, 3.8) is 0 Å². The van der Waals surface area contributed by atoms with Crippen molar-refractivity contribution in [1.82, 2.24) is 14.5 Å². The second-order valence-corrected chi connectivity index (χ2v) is 15.2. The molecule has 0 amide bonds. The van der Waals surface area contributed by atoms with Gasteiger partial charge in [0.1, 0.15) is 11.6 Å². The second kappa shape index (κ2) is 13.9. The highest BCUT2D eigenvalue weighted by Gasteiger charge is 2.22. The lowest BCUT2D eigenvalue weighted by molar-refractivity contribution is 0.477. The van der Waals surface area contributed by atoms with Crippen molar-refractivity contribution in [2.75, 3.05) is 0 Å². The maximum absolute atomic E-state index is 11.2. The number of benzene rings is 6. The third-order valence-electron chi connectivity index (χ3n) is 10.1. The molecule has 0 saturated carbocycles. The summed E-state index contributed by atoms with van der Waals surface area (Å²) < 4.78 is 35.7. The van der Waals surface area contributed by atoms with E-state index < -0.39 is 12.7 Å². The third kappa shape index (κ3) is 6.72. The Labute approximate surface area is 324 Å². The fourth-order valence-corrected chi connectivity index (χ4v) is 7.10. The van der Waals surface area contributed by atoms with Crippen LogP contribution in [0.15, 0.2) is 152 Å². The Morgan fingerprint density at radius 2 is 1.37 bits per heavy atom. The molecule has 0 radical (unpaired) electrons. The molecule has 54 heavy (non-hydrogen) atoms. The monoisotopic (exact) mass is 707 g/mol. The number of aryl methyl sites for hydroxylation is 1. The van der Waals surface area contributed by atoms with Gasteiger partial charge in [-0.05, 0) is 117 Å². The highest BCUT2D eigenvalue weighted by atomic mass is 16.3. The molecule has 0 aliphatic heterocycles. The average Bonchev–Trinajstić information content (AvgIpc) is 3.60. The van der Waals surface area contributed by atoms with E-state index in [4.69, 9.17) is 15.5 Å². The Morgan fingerprint density at radius 3 is 2.11 bits per heavy atom. The van der Waals surface area contributed by atoms with Crippen molar-refractivity contribution in [2.45, 2.75) is 52.8 Å². The molecule has 0 saturated heterocycles. The van der Waals surface area contributed by atoms with Gasteiger partial charge in [-0.1, -0.05) is 126 Å². The summed E-state index contributed by atoms with van der Waals surface area (Å²) in [6, 6.07) is 47.2. The number of para-hydroxylation sites is 2. The van der Waals surface area contributed by atoms with Crippen molar-refractivity contribution in [2.24, 2.45) is 0 Å². The zero-order valence-corrected chi connectivity index (χ0v) is 31.2. The quantitative estimate of drug-likeness (QED) is 0.179. The van der Waals surface area contributed by atoms with Crippen LogP contribution in [-0.4, -0.2) is 19.6 Å². The summed E-state index contributed by atoms with van der Waals surface area (Å²) in [4.78, 5) is 10.2. The smallest absolute Gasteiger partial charge is 0.149 e. The Balaban J connectivity index is 1.35. The van der Waals surface area contributed by atoms with Gasteiger partial charge in [0.2, 0.25) is 0 Å². The summed E-state index contributed by atoms with van der Waals surface area (Å²) in [6.07, 6.45) is 1.84. The van der Waals surface area contributed by atoms with Crippen LogP contribution in [0.5, 0.6) is 5.75 Å². The largest absolute Gasteiger partial charge is 0.507 e. The van der Waals surface area contributed by atoms with Crippen LogP contribution in [0.25, 0.3) is 72.7 Å². The van der Waals surface area contributed by atoms with Crippen molar-refractivity contribution in [3.05, 3.63) is 168 Å². The van der Waals surface area contributed by atoms with Crippen LogP contribution in [-0.2, 0) is 5.41 Å². The van der Waals surface area contributed by atoms with E-state index in [0.717, 1.165) is 61.3 Å². The van der Waals surface area contributed by atoms with Crippen molar-refractivity contribution < 1.29 is 10.6 Å². The Morgan fingerprint density at radius 1 is 0.648 bits per heavy atom. The Bertz CT molecular complexity index is 2790. The van der Waals surface area contributed by atoms with E-state index in [9.17, 15) is 5.11 Å². The fourth-order valence-electron chi connectivity index (χ4n) is 7.10. The highest BCUT2D eigenvalue weighted by Crippen LogP contribution is 2.40. The summed E-state index contributed by atoms with van der Waals surface area (Å²) in [6.45, 7) is 8.01. The number of hydrogen-bond acceptors (Lipinski definition) is 3. The number of phenols is 1. The van der Waals surface area contributed by atoms with Gasteiger partial charge in [-0.2, -0.15) is 0 Å². The maximum Gasteiger partial charge on any atom is 0.149 e. The van der Waals surface area contributed by atoms with Crippen molar-refractivity contribution in [1.29, 1.82) is 0 Å². The lowest BCUT2D eigenvalue weighted by atomic mass is 9.83. The lowest BCUT2D eigenvalue weighted by Gasteiger charge is -2.22. The van der Waals surface area contributed by atoms with E-state index >= 15 is 0 Å². The minimum Gasteiger partial charge on any atom is -0.507 e. The predicted molar refractivity (Wildman–Crippen MR) is 225 cm³/mol. The van der Waals surface area contributed by atoms with Gasteiger partial charge in [0.25, 0.3) is 0 Å². The molecule has 4 nitrogen and oxygen atoms in total. The number of phenolic OH excluding ortho intramolecular Hbond substituents is 1. The molecule has 0 atom stereocenters. The van der Waals surface area contributed by atoms with Crippen molar-refractivity contribution >= 4 is 11.0 Å². The molecule has 266 valence electrons. The number of hydrogen-bond donors (Lipinski definition) is 1. The molecule has 0 bridgehead atoms. The van der Waals surface area contributed by atoms with Gasteiger partial charge in [-0.15, -0.1) is 0 Å². The third-order valence-corrected chi connectivity index (χ3v) is 10.1. The standard InChI is InChI=1S/C50H45N3O/c1-32(2)34-19-21-36(22-20-34)37-23-24-51-45(31-37)40-27-39(28-41(29-40)50(4,5)6)43-16-12-17-46-48(43)52-49(44-15-10-11-18-47(44)54)53(46)42-26-33(3)25-38(30-42)35-13-8-7-9-14-35/h7-32,54H,1-6H3/i3D3,32D. The minimum atomic E-state index is -2.37. The molecular weight excluding hydrogens is 659 g/mol. The summed E-state index contributed by atoms with van der Waals surface area (Å²) in [7, 11) is 0. The van der Waals surface area contributed by atoms with Gasteiger partial charge in [0.15, 0.2) is 0 Å². The van der Waals surface area contributed by atoms with Gasteiger partial charge in [-0.25, -0.2) is 4.98 Å². The van der Waals surface area contributed by atoms with E-state index in [2.05, 4.69) is 63.2 Å². The molecule has 1 N–H and O–H groups in total. The number of fused-ring (bicyclic) bond motifs is 1. The fraction of sp³-hybridized carbons (Fsp3) is 0.160. The number of nitrogens with zero attached hydrogens (tertiary/aromatic N) is 3. The number of aromatic nitrogens is 3. The molecule has 2 aromatic heterocycles. The van der Waals surface area contributed by atoms with Crippen LogP contribution in [0, 0.1) is 6.85 Å². The molecule has 4 heteroatoms. The molecule has 0 spiro atoms. The van der Waals surface area contributed by atoms with Crippen molar-refractivity contribution in [3.8, 4) is 67.5 Å². The van der Waals surface area contributed by atoms with E-state index in [1.165, 1.54) is 0 Å². The molecule has 8 rings (SSSR count). The maximum atomic E-state index is 11.2. The lowest BCUT2D eigenvalue weighted by Crippen LogP contribution is -2.11. The van der Waals surface area contributed by atoms with Gasteiger partial charge < -0.3 is 5.11 Å². The van der Waals surface area contributed by atoms with E-state index in [0.29, 0.717) is 22.6 Å². The number of rotatable bonds is 7. The van der Waals surface area contributed by atoms with Gasteiger partial charge >= 0.3 is 0 Å². The molecule has 8 aromatic rings. The number of aromatic hydroxyl groups is 1. The van der Waals surface area contributed by atoms with E-state index in [-0.39, 0.29) is 16.7 Å².